The predicted octanol–water partition coefficient (Wildman–Crippen LogP) is 4.45. The monoisotopic (exact) mass is 281 g/mol. The molecule has 1 aliphatic rings. The number of nitrogens with zero attached hydrogens (tertiary/aromatic N) is 1. The van der Waals surface area contributed by atoms with Gasteiger partial charge in [-0.15, -0.1) is 0 Å². The van der Waals surface area contributed by atoms with Crippen LogP contribution in [-0.4, -0.2) is 23.1 Å². The minimum atomic E-state index is 0.301. The van der Waals surface area contributed by atoms with Gasteiger partial charge in [0.2, 0.25) is 0 Å². The summed E-state index contributed by atoms with van der Waals surface area (Å²) in [6, 6.07) is 5.93. The number of aromatic hydroxyl groups is 1. The minimum absolute atomic E-state index is 0.301. The fourth-order valence-electron chi connectivity index (χ4n) is 2.91. The Morgan fingerprint density at radius 1 is 1.32 bits per heavy atom. The second-order valence-electron chi connectivity index (χ2n) is 6.55. The minimum Gasteiger partial charge on any atom is -0.508 e. The summed E-state index contributed by atoms with van der Waals surface area (Å²) in [7, 11) is 2.13. The van der Waals surface area contributed by atoms with Crippen molar-refractivity contribution < 1.29 is 5.11 Å². The van der Waals surface area contributed by atoms with Crippen LogP contribution in [0.15, 0.2) is 18.2 Å². The Morgan fingerprint density at radius 2 is 1.95 bits per heavy atom. The molecule has 0 radical (unpaired) electrons. The van der Waals surface area contributed by atoms with Crippen LogP contribution in [0.5, 0.6) is 5.75 Å². The van der Waals surface area contributed by atoms with Crippen LogP contribution in [0.25, 0.3) is 0 Å². The molecule has 0 unspecified atom stereocenters. The van der Waals surface area contributed by atoms with Crippen LogP contribution >= 0.6 is 11.6 Å². The highest BCUT2D eigenvalue weighted by Gasteiger charge is 2.29. The number of phenolic OH excluding ortho intramolecular Hbond substituents is 1. The van der Waals surface area contributed by atoms with E-state index in [4.69, 9.17) is 11.6 Å². The van der Waals surface area contributed by atoms with E-state index in [0.29, 0.717) is 22.2 Å². The number of rotatable bonds is 3. The lowest BCUT2D eigenvalue weighted by molar-refractivity contribution is 0.122. The summed E-state index contributed by atoms with van der Waals surface area (Å²) in [6.45, 7) is 5.42. The lowest BCUT2D eigenvalue weighted by Crippen LogP contribution is -2.36. The third kappa shape index (κ3) is 3.64. The molecule has 0 heterocycles. The van der Waals surface area contributed by atoms with E-state index in [0.717, 1.165) is 12.1 Å². The molecule has 0 spiro atoms. The zero-order valence-corrected chi connectivity index (χ0v) is 12.9. The summed E-state index contributed by atoms with van der Waals surface area (Å²) < 4.78 is 0. The van der Waals surface area contributed by atoms with Crippen molar-refractivity contribution >= 4 is 11.6 Å². The van der Waals surface area contributed by atoms with Gasteiger partial charge in [0.1, 0.15) is 5.75 Å². The molecular formula is C16H24ClNO. The molecule has 3 heteroatoms. The molecule has 1 aromatic carbocycles. The summed E-state index contributed by atoms with van der Waals surface area (Å²) >= 11 is 6.17. The zero-order valence-electron chi connectivity index (χ0n) is 12.1. The lowest BCUT2D eigenvalue weighted by atomic mass is 9.75. The highest BCUT2D eigenvalue weighted by atomic mass is 35.5. The standard InChI is InChI=1S/C16H24ClNO/c1-16(2)9-7-12(8-10-16)18(3)11-13-14(17)5-4-6-15(13)19/h4-6,12,19H,7-11H2,1-3H3. The van der Waals surface area contributed by atoms with Gasteiger partial charge in [-0.25, -0.2) is 0 Å². The maximum Gasteiger partial charge on any atom is 0.121 e. The average molecular weight is 282 g/mol. The fourth-order valence-corrected chi connectivity index (χ4v) is 3.14. The van der Waals surface area contributed by atoms with Crippen molar-refractivity contribution in [2.45, 2.75) is 52.1 Å². The summed E-state index contributed by atoms with van der Waals surface area (Å²) in [6.07, 6.45) is 5.01. The smallest absolute Gasteiger partial charge is 0.121 e. The van der Waals surface area contributed by atoms with Gasteiger partial charge >= 0.3 is 0 Å². The number of benzene rings is 1. The third-order valence-corrected chi connectivity index (χ3v) is 4.79. The normalized spacial score (nSPS) is 19.8. The molecule has 0 amide bonds. The molecule has 1 aliphatic carbocycles. The molecule has 1 fully saturated rings. The molecule has 0 aliphatic heterocycles. The van der Waals surface area contributed by atoms with Crippen molar-refractivity contribution in [1.29, 1.82) is 0 Å². The van der Waals surface area contributed by atoms with Crippen LogP contribution in [-0.2, 0) is 6.54 Å². The molecule has 2 rings (SSSR count). The Morgan fingerprint density at radius 3 is 2.53 bits per heavy atom. The second-order valence-corrected chi connectivity index (χ2v) is 6.96. The van der Waals surface area contributed by atoms with E-state index in [1.165, 1.54) is 25.7 Å². The molecule has 1 aromatic rings. The number of hydrogen-bond donors (Lipinski definition) is 1. The zero-order chi connectivity index (χ0) is 14.0. The van der Waals surface area contributed by atoms with E-state index in [9.17, 15) is 5.11 Å². The van der Waals surface area contributed by atoms with Gasteiger partial charge in [-0.3, -0.25) is 4.90 Å². The Hall–Kier alpha value is -0.730. The number of hydrogen-bond acceptors (Lipinski definition) is 2. The van der Waals surface area contributed by atoms with Crippen molar-refractivity contribution in [3.05, 3.63) is 28.8 Å². The Balaban J connectivity index is 2.00. The molecule has 0 saturated heterocycles. The van der Waals surface area contributed by atoms with Gasteiger partial charge in [-0.05, 0) is 50.3 Å². The first-order valence-electron chi connectivity index (χ1n) is 7.06. The molecule has 0 aromatic heterocycles. The van der Waals surface area contributed by atoms with Gasteiger partial charge in [0.15, 0.2) is 0 Å². The fraction of sp³-hybridized carbons (Fsp3) is 0.625. The van der Waals surface area contributed by atoms with E-state index >= 15 is 0 Å². The molecule has 0 bridgehead atoms. The van der Waals surface area contributed by atoms with Crippen molar-refractivity contribution in [2.24, 2.45) is 5.41 Å². The highest BCUT2D eigenvalue weighted by Crippen LogP contribution is 2.37. The van der Waals surface area contributed by atoms with Gasteiger partial charge in [-0.1, -0.05) is 31.5 Å². The highest BCUT2D eigenvalue weighted by molar-refractivity contribution is 6.31. The molecule has 1 saturated carbocycles. The summed E-state index contributed by atoms with van der Waals surface area (Å²) in [4.78, 5) is 2.33. The van der Waals surface area contributed by atoms with Gasteiger partial charge in [-0.2, -0.15) is 0 Å². The van der Waals surface area contributed by atoms with Gasteiger partial charge < -0.3 is 5.11 Å². The number of halogens is 1. The maximum absolute atomic E-state index is 9.91. The molecule has 0 atom stereocenters. The first-order valence-corrected chi connectivity index (χ1v) is 7.43. The van der Waals surface area contributed by atoms with E-state index in [1.54, 1.807) is 12.1 Å². The number of phenols is 1. The van der Waals surface area contributed by atoms with Gasteiger partial charge in [0, 0.05) is 23.2 Å². The van der Waals surface area contributed by atoms with Crippen LogP contribution in [0.2, 0.25) is 5.02 Å². The summed E-state index contributed by atoms with van der Waals surface area (Å²) in [5.41, 5.74) is 1.33. The Kier molecular flexibility index (Phi) is 4.42. The second kappa shape index (κ2) is 5.72. The largest absolute Gasteiger partial charge is 0.508 e. The molecule has 1 N–H and O–H groups in total. The predicted molar refractivity (Wildman–Crippen MR) is 80.6 cm³/mol. The summed E-state index contributed by atoms with van der Waals surface area (Å²) in [5, 5.41) is 10.6. The maximum atomic E-state index is 9.91. The molecule has 2 nitrogen and oxygen atoms in total. The molecular weight excluding hydrogens is 258 g/mol. The Labute approximate surface area is 121 Å². The van der Waals surface area contributed by atoms with Crippen LogP contribution in [0.4, 0.5) is 0 Å². The average Bonchev–Trinajstić information content (AvgIpc) is 2.33. The van der Waals surface area contributed by atoms with E-state index in [2.05, 4.69) is 25.8 Å². The third-order valence-electron chi connectivity index (χ3n) is 4.43. The van der Waals surface area contributed by atoms with E-state index in [-0.39, 0.29) is 0 Å². The molecule has 19 heavy (non-hydrogen) atoms. The van der Waals surface area contributed by atoms with E-state index < -0.39 is 0 Å². The van der Waals surface area contributed by atoms with Crippen LogP contribution in [0.1, 0.15) is 45.1 Å². The topological polar surface area (TPSA) is 23.5 Å². The first kappa shape index (κ1) is 14.7. The van der Waals surface area contributed by atoms with E-state index in [1.807, 2.05) is 6.07 Å². The van der Waals surface area contributed by atoms with Gasteiger partial charge in [0.25, 0.3) is 0 Å². The van der Waals surface area contributed by atoms with Crippen LogP contribution in [0.3, 0.4) is 0 Å². The quantitative estimate of drug-likeness (QED) is 0.885. The summed E-state index contributed by atoms with van der Waals surface area (Å²) in [5.74, 6) is 0.301. The Bertz CT molecular complexity index is 414. The SMILES string of the molecule is CN(Cc1c(O)cccc1Cl)C1CCC(C)(C)CC1. The van der Waals surface area contributed by atoms with Gasteiger partial charge in [0.05, 0.1) is 0 Å². The van der Waals surface area contributed by atoms with Crippen molar-refractivity contribution in [3.63, 3.8) is 0 Å². The van der Waals surface area contributed by atoms with Crippen LogP contribution < -0.4 is 0 Å². The first-order chi connectivity index (χ1) is 8.89. The van der Waals surface area contributed by atoms with Crippen molar-refractivity contribution in [1.82, 2.24) is 4.90 Å². The molecule has 106 valence electrons. The van der Waals surface area contributed by atoms with Crippen molar-refractivity contribution in [3.8, 4) is 5.75 Å². The lowest BCUT2D eigenvalue weighted by Gasteiger charge is -2.38. The van der Waals surface area contributed by atoms with Crippen LogP contribution in [0, 0.1) is 5.41 Å². The van der Waals surface area contributed by atoms with Crippen molar-refractivity contribution in [2.75, 3.05) is 7.05 Å².